The zero-order valence-electron chi connectivity index (χ0n) is 14.4. The molecule has 1 N–H and O–H groups in total. The highest BCUT2D eigenvalue weighted by Gasteiger charge is 2.45. The molecule has 2 aromatic heterocycles. The van der Waals surface area contributed by atoms with Gasteiger partial charge in [0.05, 0.1) is 6.20 Å². The molecule has 1 fully saturated rings. The zero-order valence-corrected chi connectivity index (χ0v) is 14.4. The number of amides is 1. The Morgan fingerprint density at radius 3 is 2.64 bits per heavy atom. The molecule has 0 atom stereocenters. The number of rotatable bonds is 5. The fourth-order valence-corrected chi connectivity index (χ4v) is 3.21. The molecule has 0 saturated carbocycles. The highest BCUT2D eigenvalue weighted by Crippen LogP contribution is 2.31. The van der Waals surface area contributed by atoms with E-state index in [-0.39, 0.29) is 11.6 Å². The van der Waals surface area contributed by atoms with Gasteiger partial charge in [0, 0.05) is 44.6 Å². The second kappa shape index (κ2) is 6.70. The SMILES string of the molecule is CCCc1cc(C(=O)N2CCC(C(=O)O)(n3cc(C)cn3)CC2)no1. The lowest BCUT2D eigenvalue weighted by molar-refractivity contribution is -0.150. The number of carbonyl (C=O) groups excluding carboxylic acids is 1. The van der Waals surface area contributed by atoms with Gasteiger partial charge in [0.1, 0.15) is 5.76 Å². The topological polar surface area (TPSA) is 101 Å². The summed E-state index contributed by atoms with van der Waals surface area (Å²) in [5.41, 5.74) is 0.0776. The molecule has 0 radical (unpaired) electrons. The summed E-state index contributed by atoms with van der Waals surface area (Å²) < 4.78 is 6.68. The van der Waals surface area contributed by atoms with Crippen LogP contribution in [-0.2, 0) is 16.8 Å². The number of hydrogen-bond donors (Lipinski definition) is 1. The number of aromatic nitrogens is 3. The van der Waals surface area contributed by atoms with Gasteiger partial charge in [-0.15, -0.1) is 0 Å². The smallest absolute Gasteiger partial charge is 0.331 e. The third-order valence-corrected chi connectivity index (χ3v) is 4.70. The monoisotopic (exact) mass is 346 g/mol. The van der Waals surface area contributed by atoms with Gasteiger partial charge in [0.2, 0.25) is 0 Å². The van der Waals surface area contributed by atoms with E-state index in [1.165, 1.54) is 4.68 Å². The minimum absolute atomic E-state index is 0.221. The van der Waals surface area contributed by atoms with Crippen molar-refractivity contribution < 1.29 is 19.2 Å². The van der Waals surface area contributed by atoms with E-state index >= 15 is 0 Å². The normalized spacial score (nSPS) is 16.8. The predicted octanol–water partition coefficient (Wildman–Crippen LogP) is 1.85. The first-order valence-corrected chi connectivity index (χ1v) is 8.46. The summed E-state index contributed by atoms with van der Waals surface area (Å²) in [4.78, 5) is 26.1. The first-order valence-electron chi connectivity index (χ1n) is 8.46. The lowest BCUT2D eigenvalue weighted by atomic mass is 9.87. The Labute approximate surface area is 145 Å². The highest BCUT2D eigenvalue weighted by atomic mass is 16.5. The number of aliphatic carboxylic acids is 1. The lowest BCUT2D eigenvalue weighted by Gasteiger charge is -2.38. The number of carboxylic acid groups (broad SMARTS) is 1. The fraction of sp³-hybridized carbons (Fsp3) is 0.529. The number of hydrogen-bond acceptors (Lipinski definition) is 5. The predicted molar refractivity (Wildman–Crippen MR) is 88.2 cm³/mol. The maximum Gasteiger partial charge on any atom is 0.331 e. The van der Waals surface area contributed by atoms with Crippen molar-refractivity contribution in [3.05, 3.63) is 35.5 Å². The van der Waals surface area contributed by atoms with Crippen LogP contribution < -0.4 is 0 Å². The summed E-state index contributed by atoms with van der Waals surface area (Å²) in [6.45, 7) is 4.56. The minimum Gasteiger partial charge on any atom is -0.479 e. The van der Waals surface area contributed by atoms with E-state index in [4.69, 9.17) is 4.52 Å². The average molecular weight is 346 g/mol. The Morgan fingerprint density at radius 1 is 1.36 bits per heavy atom. The summed E-state index contributed by atoms with van der Waals surface area (Å²) in [6, 6.07) is 1.67. The zero-order chi connectivity index (χ0) is 18.0. The third kappa shape index (κ3) is 3.16. The Kier molecular flexibility index (Phi) is 4.61. The molecule has 134 valence electrons. The van der Waals surface area contributed by atoms with Crippen LogP contribution in [0.3, 0.4) is 0 Å². The first-order chi connectivity index (χ1) is 12.0. The van der Waals surface area contributed by atoms with Crippen LogP contribution in [0.15, 0.2) is 23.0 Å². The molecule has 3 heterocycles. The van der Waals surface area contributed by atoms with E-state index < -0.39 is 11.5 Å². The van der Waals surface area contributed by atoms with Crippen molar-refractivity contribution in [2.45, 2.75) is 45.1 Å². The minimum atomic E-state index is -1.11. The van der Waals surface area contributed by atoms with Crippen LogP contribution in [0.4, 0.5) is 0 Å². The Bertz CT molecular complexity index is 771. The molecule has 0 spiro atoms. The molecule has 0 aliphatic carbocycles. The van der Waals surface area contributed by atoms with Crippen molar-refractivity contribution >= 4 is 11.9 Å². The van der Waals surface area contributed by atoms with Crippen molar-refractivity contribution in [2.75, 3.05) is 13.1 Å². The molecule has 25 heavy (non-hydrogen) atoms. The third-order valence-electron chi connectivity index (χ3n) is 4.70. The molecule has 1 aliphatic rings. The number of likely N-dealkylation sites (tertiary alicyclic amines) is 1. The van der Waals surface area contributed by atoms with Gasteiger partial charge >= 0.3 is 5.97 Å². The number of carbonyl (C=O) groups is 2. The van der Waals surface area contributed by atoms with E-state index in [0.29, 0.717) is 31.7 Å². The van der Waals surface area contributed by atoms with E-state index in [9.17, 15) is 14.7 Å². The lowest BCUT2D eigenvalue weighted by Crippen LogP contribution is -2.52. The summed E-state index contributed by atoms with van der Waals surface area (Å²) in [5, 5.41) is 17.8. The molecule has 1 saturated heterocycles. The quantitative estimate of drug-likeness (QED) is 0.886. The molecule has 0 aromatic carbocycles. The molecule has 8 heteroatoms. The van der Waals surface area contributed by atoms with Crippen molar-refractivity contribution in [2.24, 2.45) is 0 Å². The van der Waals surface area contributed by atoms with Crippen molar-refractivity contribution in [1.29, 1.82) is 0 Å². The molecule has 8 nitrogen and oxygen atoms in total. The largest absolute Gasteiger partial charge is 0.479 e. The van der Waals surface area contributed by atoms with Crippen LogP contribution in [-0.4, -0.2) is 49.9 Å². The molecule has 2 aromatic rings. The maximum absolute atomic E-state index is 12.6. The van der Waals surface area contributed by atoms with Crippen LogP contribution in [0.1, 0.15) is 48.0 Å². The van der Waals surface area contributed by atoms with Gasteiger partial charge in [-0.1, -0.05) is 12.1 Å². The second-order valence-electron chi connectivity index (χ2n) is 6.52. The van der Waals surface area contributed by atoms with Gasteiger partial charge in [-0.3, -0.25) is 9.48 Å². The number of carboxylic acids is 1. The van der Waals surface area contributed by atoms with Crippen molar-refractivity contribution in [3.8, 4) is 0 Å². The summed E-state index contributed by atoms with van der Waals surface area (Å²) in [6.07, 6.45) is 5.63. The maximum atomic E-state index is 12.6. The van der Waals surface area contributed by atoms with Crippen LogP contribution in [0.5, 0.6) is 0 Å². The molecule has 1 aliphatic heterocycles. The van der Waals surface area contributed by atoms with E-state index in [1.54, 1.807) is 23.4 Å². The average Bonchev–Trinajstić information content (AvgIpc) is 3.24. The van der Waals surface area contributed by atoms with Gasteiger partial charge < -0.3 is 14.5 Å². The Morgan fingerprint density at radius 2 is 2.08 bits per heavy atom. The van der Waals surface area contributed by atoms with Crippen molar-refractivity contribution in [1.82, 2.24) is 19.8 Å². The van der Waals surface area contributed by atoms with Crippen LogP contribution in [0.2, 0.25) is 0 Å². The molecular formula is C17H22N4O4. The number of aryl methyl sites for hydroxylation is 2. The number of piperidine rings is 1. The molecule has 0 bridgehead atoms. The Hall–Kier alpha value is -2.64. The molecule has 1 amide bonds. The van der Waals surface area contributed by atoms with Gasteiger partial charge in [0.25, 0.3) is 5.91 Å². The van der Waals surface area contributed by atoms with Crippen LogP contribution in [0.25, 0.3) is 0 Å². The van der Waals surface area contributed by atoms with E-state index in [1.807, 2.05) is 13.8 Å². The number of nitrogens with zero attached hydrogens (tertiary/aromatic N) is 4. The second-order valence-corrected chi connectivity index (χ2v) is 6.52. The van der Waals surface area contributed by atoms with Crippen LogP contribution >= 0.6 is 0 Å². The van der Waals surface area contributed by atoms with E-state index in [0.717, 1.165) is 18.4 Å². The first kappa shape index (κ1) is 17.2. The van der Waals surface area contributed by atoms with Gasteiger partial charge in [-0.05, 0) is 18.9 Å². The fourth-order valence-electron chi connectivity index (χ4n) is 3.21. The summed E-state index contributed by atoms with van der Waals surface area (Å²) in [7, 11) is 0. The van der Waals surface area contributed by atoms with E-state index in [2.05, 4.69) is 10.3 Å². The van der Waals surface area contributed by atoms with Crippen molar-refractivity contribution in [3.63, 3.8) is 0 Å². The van der Waals surface area contributed by atoms with Gasteiger partial charge in [-0.25, -0.2) is 4.79 Å². The summed E-state index contributed by atoms with van der Waals surface area (Å²) in [5.74, 6) is -0.453. The molecule has 0 unspecified atom stereocenters. The summed E-state index contributed by atoms with van der Waals surface area (Å²) >= 11 is 0. The highest BCUT2D eigenvalue weighted by molar-refractivity contribution is 5.92. The van der Waals surface area contributed by atoms with Gasteiger partial charge in [-0.2, -0.15) is 5.10 Å². The van der Waals surface area contributed by atoms with Crippen LogP contribution in [0, 0.1) is 6.92 Å². The molecule has 3 rings (SSSR count). The molecular weight excluding hydrogens is 324 g/mol. The van der Waals surface area contributed by atoms with Gasteiger partial charge in [0.15, 0.2) is 11.2 Å². The Balaban J connectivity index is 1.73. The standard InChI is InChI=1S/C17H22N4O4/c1-3-4-13-9-14(19-25-13)15(22)20-7-5-17(6-8-20,16(23)24)21-11-12(2)10-18-21/h9-11H,3-8H2,1-2H3,(H,23,24).